The number of nitrogens with zero attached hydrogens (tertiary/aromatic N) is 1. The number of allylic oxidation sites excluding steroid dienone is 4. The minimum Gasteiger partial charge on any atom is -0.349 e. The number of nitrogens with one attached hydrogen (secondary N) is 2. The molecule has 1 aromatic heterocycles. The van der Waals surface area contributed by atoms with Crippen LogP contribution in [0.2, 0.25) is 0 Å². The standard InChI is InChI=1S/C25H23N3O2/c29-23(26-22-14-13-17-5-1-2-6-19(17)22)15-16-9-11-18(12-10-16)24-20-7-3-4-8-21(20)25(30)28-27-24/h1-9,11-12,16,22H,10,13-15H2,(H,26,29)(H,28,30)/t16?,22-/m0/s1. The lowest BCUT2D eigenvalue weighted by Crippen LogP contribution is -2.28. The third kappa shape index (κ3) is 3.47. The van der Waals surface area contributed by atoms with Crippen LogP contribution in [0, 0.1) is 5.92 Å². The summed E-state index contributed by atoms with van der Waals surface area (Å²) in [5, 5.41) is 11.5. The van der Waals surface area contributed by atoms with Gasteiger partial charge >= 0.3 is 0 Å². The summed E-state index contributed by atoms with van der Waals surface area (Å²) in [6, 6.07) is 16.0. The Kier molecular flexibility index (Phi) is 4.79. The van der Waals surface area contributed by atoms with E-state index in [1.165, 1.54) is 11.1 Å². The van der Waals surface area contributed by atoms with Gasteiger partial charge in [0.05, 0.1) is 17.1 Å². The van der Waals surface area contributed by atoms with Crippen molar-refractivity contribution >= 4 is 22.3 Å². The Morgan fingerprint density at radius 1 is 1.10 bits per heavy atom. The molecule has 30 heavy (non-hydrogen) atoms. The Labute approximate surface area is 174 Å². The molecule has 2 aromatic carbocycles. The molecule has 1 amide bonds. The zero-order valence-electron chi connectivity index (χ0n) is 16.6. The van der Waals surface area contributed by atoms with Gasteiger partial charge in [-0.15, -0.1) is 0 Å². The van der Waals surface area contributed by atoms with Crippen molar-refractivity contribution in [2.45, 2.75) is 31.7 Å². The lowest BCUT2D eigenvalue weighted by Gasteiger charge is -2.19. The van der Waals surface area contributed by atoms with Crippen LogP contribution in [-0.2, 0) is 11.2 Å². The molecule has 0 aliphatic heterocycles. The fraction of sp³-hybridized carbons (Fsp3) is 0.240. The lowest BCUT2D eigenvalue weighted by atomic mass is 9.91. The molecule has 0 spiro atoms. The molecular weight excluding hydrogens is 374 g/mol. The number of benzene rings is 2. The highest BCUT2D eigenvalue weighted by atomic mass is 16.1. The van der Waals surface area contributed by atoms with E-state index in [-0.39, 0.29) is 23.4 Å². The maximum absolute atomic E-state index is 12.6. The van der Waals surface area contributed by atoms with Crippen molar-refractivity contribution in [2.75, 3.05) is 0 Å². The van der Waals surface area contributed by atoms with Crippen molar-refractivity contribution in [3.8, 4) is 0 Å². The van der Waals surface area contributed by atoms with E-state index in [4.69, 9.17) is 0 Å². The van der Waals surface area contributed by atoms with Crippen LogP contribution in [0.5, 0.6) is 0 Å². The van der Waals surface area contributed by atoms with E-state index in [0.29, 0.717) is 11.8 Å². The van der Waals surface area contributed by atoms with E-state index >= 15 is 0 Å². The number of hydrogen-bond acceptors (Lipinski definition) is 3. The molecule has 5 heteroatoms. The number of aryl methyl sites for hydroxylation is 1. The van der Waals surface area contributed by atoms with Gasteiger partial charge in [0.25, 0.3) is 5.56 Å². The fourth-order valence-corrected chi connectivity index (χ4v) is 4.52. The lowest BCUT2D eigenvalue weighted by molar-refractivity contribution is -0.122. The third-order valence-corrected chi connectivity index (χ3v) is 6.07. The number of rotatable bonds is 4. The summed E-state index contributed by atoms with van der Waals surface area (Å²) in [5.41, 5.74) is 4.16. The van der Waals surface area contributed by atoms with Crippen LogP contribution in [0.1, 0.15) is 42.1 Å². The van der Waals surface area contributed by atoms with Crippen LogP contribution in [0.3, 0.4) is 0 Å². The van der Waals surface area contributed by atoms with Gasteiger partial charge in [0.15, 0.2) is 0 Å². The first-order valence-electron chi connectivity index (χ1n) is 10.4. The molecule has 150 valence electrons. The summed E-state index contributed by atoms with van der Waals surface area (Å²) >= 11 is 0. The molecule has 0 radical (unpaired) electrons. The zero-order valence-corrected chi connectivity index (χ0v) is 16.6. The van der Waals surface area contributed by atoms with Gasteiger partial charge in [0.1, 0.15) is 0 Å². The monoisotopic (exact) mass is 397 g/mol. The second-order valence-electron chi connectivity index (χ2n) is 8.02. The molecule has 2 aliphatic rings. The highest BCUT2D eigenvalue weighted by Gasteiger charge is 2.24. The normalized spacial score (nSPS) is 20.1. The number of carbonyl (C=O) groups excluding carboxylic acids is 1. The molecule has 1 heterocycles. The summed E-state index contributed by atoms with van der Waals surface area (Å²) in [4.78, 5) is 24.6. The SMILES string of the molecule is O=C(CC1C=CC(c2n[nH]c(=O)c3ccccc23)=CC1)N[C@H]1CCc2ccccc21. The van der Waals surface area contributed by atoms with E-state index in [1.54, 1.807) is 6.07 Å². The molecule has 3 aromatic rings. The van der Waals surface area contributed by atoms with Gasteiger partial charge < -0.3 is 5.32 Å². The summed E-state index contributed by atoms with van der Waals surface area (Å²) in [6.45, 7) is 0. The number of amides is 1. The van der Waals surface area contributed by atoms with Crippen molar-refractivity contribution in [1.82, 2.24) is 15.5 Å². The first-order chi connectivity index (χ1) is 14.7. The van der Waals surface area contributed by atoms with Gasteiger partial charge in [0.2, 0.25) is 5.91 Å². The van der Waals surface area contributed by atoms with Gasteiger partial charge in [-0.3, -0.25) is 9.59 Å². The Balaban J connectivity index is 1.26. The molecule has 0 saturated heterocycles. The summed E-state index contributed by atoms with van der Waals surface area (Å²) in [5.74, 6) is 0.259. The Morgan fingerprint density at radius 2 is 1.90 bits per heavy atom. The average Bonchev–Trinajstić information content (AvgIpc) is 3.18. The van der Waals surface area contributed by atoms with E-state index in [1.807, 2.05) is 30.3 Å². The molecule has 2 N–H and O–H groups in total. The van der Waals surface area contributed by atoms with Gasteiger partial charge in [0, 0.05) is 11.8 Å². The number of fused-ring (bicyclic) bond motifs is 2. The number of H-pyrrole nitrogens is 1. The highest BCUT2D eigenvalue weighted by Crippen LogP contribution is 2.32. The van der Waals surface area contributed by atoms with Crippen LogP contribution in [-0.4, -0.2) is 16.1 Å². The van der Waals surface area contributed by atoms with Crippen LogP contribution in [0.25, 0.3) is 16.3 Å². The molecule has 1 unspecified atom stereocenters. The summed E-state index contributed by atoms with van der Waals surface area (Å²) in [7, 11) is 0. The maximum Gasteiger partial charge on any atom is 0.272 e. The molecule has 0 fully saturated rings. The first kappa shape index (κ1) is 18.6. The van der Waals surface area contributed by atoms with Gasteiger partial charge in [-0.25, -0.2) is 5.10 Å². The van der Waals surface area contributed by atoms with E-state index in [9.17, 15) is 9.59 Å². The molecular formula is C25H23N3O2. The molecule has 0 saturated carbocycles. The number of hydrogen-bond donors (Lipinski definition) is 2. The number of aromatic amines is 1. The van der Waals surface area contributed by atoms with Crippen molar-refractivity contribution in [3.63, 3.8) is 0 Å². The largest absolute Gasteiger partial charge is 0.349 e. The van der Waals surface area contributed by atoms with E-state index < -0.39 is 0 Å². The molecule has 2 aliphatic carbocycles. The van der Waals surface area contributed by atoms with Crippen LogP contribution in [0.15, 0.2) is 71.6 Å². The zero-order chi connectivity index (χ0) is 20.5. The summed E-state index contributed by atoms with van der Waals surface area (Å²) in [6.07, 6.45) is 9.44. The second kappa shape index (κ2) is 7.75. The highest BCUT2D eigenvalue weighted by molar-refractivity contribution is 5.93. The van der Waals surface area contributed by atoms with Crippen LogP contribution < -0.4 is 10.9 Å². The summed E-state index contributed by atoms with van der Waals surface area (Å²) < 4.78 is 0. The number of carbonyl (C=O) groups is 1. The van der Waals surface area contributed by atoms with Crippen molar-refractivity contribution in [1.29, 1.82) is 0 Å². The van der Waals surface area contributed by atoms with Crippen molar-refractivity contribution in [3.05, 3.63) is 93.9 Å². The predicted octanol–water partition coefficient (Wildman–Crippen LogP) is 4.08. The van der Waals surface area contributed by atoms with Crippen LogP contribution in [0.4, 0.5) is 0 Å². The topological polar surface area (TPSA) is 74.8 Å². The average molecular weight is 397 g/mol. The quantitative estimate of drug-likeness (QED) is 0.697. The van der Waals surface area contributed by atoms with Crippen LogP contribution >= 0.6 is 0 Å². The minimum absolute atomic E-state index is 0.0934. The third-order valence-electron chi connectivity index (χ3n) is 6.07. The first-order valence-corrected chi connectivity index (χ1v) is 10.4. The van der Waals surface area contributed by atoms with E-state index in [0.717, 1.165) is 35.9 Å². The Bertz CT molecular complexity index is 1240. The molecule has 5 rings (SSSR count). The predicted molar refractivity (Wildman–Crippen MR) is 118 cm³/mol. The Hall–Kier alpha value is -3.47. The minimum atomic E-state index is -0.183. The number of aromatic nitrogens is 2. The molecule has 2 atom stereocenters. The molecule has 5 nitrogen and oxygen atoms in total. The molecule has 0 bridgehead atoms. The maximum atomic E-state index is 12.6. The fourth-order valence-electron chi connectivity index (χ4n) is 4.52. The van der Waals surface area contributed by atoms with Crippen molar-refractivity contribution < 1.29 is 4.79 Å². The van der Waals surface area contributed by atoms with Crippen molar-refractivity contribution in [2.24, 2.45) is 5.92 Å². The van der Waals surface area contributed by atoms with Gasteiger partial charge in [-0.1, -0.05) is 60.7 Å². The second-order valence-corrected chi connectivity index (χ2v) is 8.02. The van der Waals surface area contributed by atoms with E-state index in [2.05, 4.69) is 45.9 Å². The van der Waals surface area contributed by atoms with Gasteiger partial charge in [-0.05, 0) is 47.9 Å². The van der Waals surface area contributed by atoms with Gasteiger partial charge in [-0.2, -0.15) is 5.10 Å². The smallest absolute Gasteiger partial charge is 0.272 e. The Morgan fingerprint density at radius 3 is 2.73 bits per heavy atom.